The van der Waals surface area contributed by atoms with Crippen molar-refractivity contribution in [1.82, 2.24) is 15.1 Å². The number of rotatable bonds is 3. The zero-order valence-corrected chi connectivity index (χ0v) is 13.5. The van der Waals surface area contributed by atoms with Crippen molar-refractivity contribution in [3.05, 3.63) is 28.2 Å². The first-order valence-corrected chi connectivity index (χ1v) is 7.48. The molecule has 6 heteroatoms. The van der Waals surface area contributed by atoms with E-state index in [-0.39, 0.29) is 5.91 Å². The molecule has 110 valence electrons. The summed E-state index contributed by atoms with van der Waals surface area (Å²) in [6, 6.07) is 5.60. The van der Waals surface area contributed by atoms with E-state index in [1.807, 2.05) is 0 Å². The molecule has 0 aliphatic carbocycles. The Balaban J connectivity index is 1.94. The number of halogens is 1. The van der Waals surface area contributed by atoms with Gasteiger partial charge in [-0.2, -0.15) is 0 Å². The van der Waals surface area contributed by atoms with E-state index in [4.69, 9.17) is 5.73 Å². The molecule has 20 heavy (non-hydrogen) atoms. The van der Waals surface area contributed by atoms with Gasteiger partial charge in [0.1, 0.15) is 0 Å². The summed E-state index contributed by atoms with van der Waals surface area (Å²) in [6.07, 6.45) is 0. The number of carbonyl (C=O) groups is 1. The number of nitrogens with two attached hydrogens (primary N) is 1. The normalized spacial score (nSPS) is 20.9. The largest absolute Gasteiger partial charge is 0.399 e. The smallest absolute Gasteiger partial charge is 0.251 e. The Morgan fingerprint density at radius 2 is 2.15 bits per heavy atom. The van der Waals surface area contributed by atoms with E-state index in [2.05, 4.69) is 45.1 Å². The Labute approximate surface area is 128 Å². The molecule has 0 spiro atoms. The SMILES string of the molecule is CN1CCN(C)C(CNC(=O)c2cc(N)cc(Br)c2)C1. The third kappa shape index (κ3) is 3.94. The average Bonchev–Trinajstić information content (AvgIpc) is 2.38. The lowest BCUT2D eigenvalue weighted by Gasteiger charge is -2.37. The predicted molar refractivity (Wildman–Crippen MR) is 84.8 cm³/mol. The summed E-state index contributed by atoms with van der Waals surface area (Å²) in [4.78, 5) is 16.7. The van der Waals surface area contributed by atoms with Crippen molar-refractivity contribution < 1.29 is 4.79 Å². The standard InChI is InChI=1S/C14H21BrN4O/c1-18-3-4-19(2)13(9-18)8-17-14(20)10-5-11(15)7-12(16)6-10/h5-7,13H,3-4,8-9,16H2,1-2H3,(H,17,20). The first-order chi connectivity index (χ1) is 9.45. The summed E-state index contributed by atoms with van der Waals surface area (Å²) >= 11 is 3.35. The molecule has 0 saturated carbocycles. The number of anilines is 1. The molecule has 1 aliphatic heterocycles. The third-order valence-corrected chi connectivity index (χ3v) is 4.12. The van der Waals surface area contributed by atoms with Crippen LogP contribution in [-0.4, -0.2) is 62.0 Å². The Morgan fingerprint density at radius 3 is 2.85 bits per heavy atom. The highest BCUT2D eigenvalue weighted by atomic mass is 79.9. The Hall–Kier alpha value is -1.11. The second-order valence-corrected chi connectivity index (χ2v) is 6.30. The van der Waals surface area contributed by atoms with Gasteiger partial charge in [0.15, 0.2) is 0 Å². The van der Waals surface area contributed by atoms with Gasteiger partial charge in [0.05, 0.1) is 0 Å². The van der Waals surface area contributed by atoms with E-state index in [0.29, 0.717) is 23.8 Å². The number of nitrogen functional groups attached to an aromatic ring is 1. The highest BCUT2D eigenvalue weighted by Crippen LogP contribution is 2.17. The molecule has 1 saturated heterocycles. The van der Waals surface area contributed by atoms with Gasteiger partial charge in [-0.1, -0.05) is 15.9 Å². The lowest BCUT2D eigenvalue weighted by atomic mass is 10.1. The molecule has 3 N–H and O–H groups in total. The second-order valence-electron chi connectivity index (χ2n) is 5.38. The predicted octanol–water partition coefficient (Wildman–Crippen LogP) is 1.01. The molecule has 5 nitrogen and oxygen atoms in total. The van der Waals surface area contributed by atoms with Crippen molar-refractivity contribution in [3.8, 4) is 0 Å². The molecule has 1 fully saturated rings. The summed E-state index contributed by atoms with van der Waals surface area (Å²) in [5, 5.41) is 2.99. The number of benzene rings is 1. The van der Waals surface area contributed by atoms with Gasteiger partial charge >= 0.3 is 0 Å². The number of carbonyl (C=O) groups excluding carboxylic acids is 1. The molecule has 2 rings (SSSR count). The number of piperazine rings is 1. The Morgan fingerprint density at radius 1 is 1.40 bits per heavy atom. The minimum Gasteiger partial charge on any atom is -0.399 e. The van der Waals surface area contributed by atoms with E-state index < -0.39 is 0 Å². The van der Waals surface area contributed by atoms with Crippen LogP contribution in [-0.2, 0) is 0 Å². The van der Waals surface area contributed by atoms with Crippen LogP contribution in [0.25, 0.3) is 0 Å². The van der Waals surface area contributed by atoms with Crippen molar-refractivity contribution in [2.75, 3.05) is 46.0 Å². The molecule has 1 aromatic carbocycles. The highest BCUT2D eigenvalue weighted by molar-refractivity contribution is 9.10. The monoisotopic (exact) mass is 340 g/mol. The summed E-state index contributed by atoms with van der Waals surface area (Å²) in [7, 11) is 4.21. The van der Waals surface area contributed by atoms with Crippen molar-refractivity contribution in [2.45, 2.75) is 6.04 Å². The zero-order valence-electron chi connectivity index (χ0n) is 11.9. The molecule has 1 atom stereocenters. The fourth-order valence-electron chi connectivity index (χ4n) is 2.38. The van der Waals surface area contributed by atoms with Gasteiger partial charge in [0.2, 0.25) is 0 Å². The maximum Gasteiger partial charge on any atom is 0.251 e. The van der Waals surface area contributed by atoms with E-state index in [1.165, 1.54) is 0 Å². The van der Waals surface area contributed by atoms with Crippen LogP contribution in [0.5, 0.6) is 0 Å². The lowest BCUT2D eigenvalue weighted by Crippen LogP contribution is -2.54. The Kier molecular flexibility index (Phi) is 5.01. The minimum atomic E-state index is -0.0837. The van der Waals surface area contributed by atoms with Gasteiger partial charge in [-0.3, -0.25) is 9.69 Å². The molecular formula is C14H21BrN4O. The fourth-order valence-corrected chi connectivity index (χ4v) is 2.89. The van der Waals surface area contributed by atoms with Crippen molar-refractivity contribution in [2.24, 2.45) is 0 Å². The van der Waals surface area contributed by atoms with Gasteiger partial charge in [-0.15, -0.1) is 0 Å². The summed E-state index contributed by atoms with van der Waals surface area (Å²) in [5.41, 5.74) is 6.92. The van der Waals surface area contributed by atoms with E-state index in [9.17, 15) is 4.79 Å². The highest BCUT2D eigenvalue weighted by Gasteiger charge is 2.22. The van der Waals surface area contributed by atoms with Crippen LogP contribution in [0.2, 0.25) is 0 Å². The van der Waals surface area contributed by atoms with E-state index >= 15 is 0 Å². The number of amides is 1. The van der Waals surface area contributed by atoms with Gasteiger partial charge in [-0.05, 0) is 32.3 Å². The van der Waals surface area contributed by atoms with Crippen LogP contribution in [0.15, 0.2) is 22.7 Å². The first-order valence-electron chi connectivity index (χ1n) is 6.69. The van der Waals surface area contributed by atoms with Crippen LogP contribution in [0.4, 0.5) is 5.69 Å². The minimum absolute atomic E-state index is 0.0837. The van der Waals surface area contributed by atoms with Crippen LogP contribution >= 0.6 is 15.9 Å². The van der Waals surface area contributed by atoms with E-state index in [0.717, 1.165) is 24.1 Å². The average molecular weight is 341 g/mol. The molecule has 0 radical (unpaired) electrons. The van der Waals surface area contributed by atoms with Crippen molar-refractivity contribution in [3.63, 3.8) is 0 Å². The number of likely N-dealkylation sites (N-methyl/N-ethyl adjacent to an activating group) is 2. The maximum absolute atomic E-state index is 12.2. The molecule has 1 aromatic rings. The lowest BCUT2D eigenvalue weighted by molar-refractivity contribution is 0.0881. The summed E-state index contributed by atoms with van der Waals surface area (Å²) < 4.78 is 0.817. The molecule has 0 bridgehead atoms. The van der Waals surface area contributed by atoms with Gasteiger partial charge in [-0.25, -0.2) is 0 Å². The third-order valence-electron chi connectivity index (χ3n) is 3.66. The zero-order chi connectivity index (χ0) is 14.7. The molecule has 1 amide bonds. The van der Waals surface area contributed by atoms with E-state index in [1.54, 1.807) is 18.2 Å². The number of nitrogens with one attached hydrogen (secondary N) is 1. The summed E-state index contributed by atoms with van der Waals surface area (Å²) in [5.74, 6) is -0.0837. The van der Waals surface area contributed by atoms with Crippen LogP contribution in [0.3, 0.4) is 0 Å². The second kappa shape index (κ2) is 6.56. The van der Waals surface area contributed by atoms with Crippen molar-refractivity contribution >= 4 is 27.5 Å². The summed E-state index contributed by atoms with van der Waals surface area (Å²) in [6.45, 7) is 3.72. The maximum atomic E-state index is 12.2. The molecule has 1 heterocycles. The van der Waals surface area contributed by atoms with Crippen LogP contribution < -0.4 is 11.1 Å². The quantitative estimate of drug-likeness (QED) is 0.806. The number of hydrogen-bond acceptors (Lipinski definition) is 4. The van der Waals surface area contributed by atoms with Gasteiger partial charge in [0, 0.05) is 47.9 Å². The molecule has 1 aliphatic rings. The topological polar surface area (TPSA) is 61.6 Å². The molecule has 1 unspecified atom stereocenters. The molecule has 0 aromatic heterocycles. The number of nitrogens with zero attached hydrogens (tertiary/aromatic N) is 2. The van der Waals surface area contributed by atoms with Crippen LogP contribution in [0, 0.1) is 0 Å². The number of hydrogen-bond donors (Lipinski definition) is 2. The van der Waals surface area contributed by atoms with Crippen molar-refractivity contribution in [1.29, 1.82) is 0 Å². The Bertz CT molecular complexity index is 474. The van der Waals surface area contributed by atoms with Gasteiger partial charge < -0.3 is 16.0 Å². The van der Waals surface area contributed by atoms with Gasteiger partial charge in [0.25, 0.3) is 5.91 Å². The fraction of sp³-hybridized carbons (Fsp3) is 0.500. The first kappa shape index (κ1) is 15.3. The van der Waals surface area contributed by atoms with Crippen LogP contribution in [0.1, 0.15) is 10.4 Å². The molecular weight excluding hydrogens is 320 g/mol.